The van der Waals surface area contributed by atoms with Gasteiger partial charge in [0.05, 0.1) is 47.5 Å². The van der Waals surface area contributed by atoms with E-state index < -0.39 is 81.0 Å². The van der Waals surface area contributed by atoms with Gasteiger partial charge in [-0.25, -0.2) is 22.2 Å². The van der Waals surface area contributed by atoms with Crippen molar-refractivity contribution in [2.75, 3.05) is 55.3 Å². The molecule has 2 aliphatic heterocycles. The number of aryl methyl sites for hydroxylation is 1. The van der Waals surface area contributed by atoms with E-state index in [4.69, 9.17) is 14.7 Å². The fraction of sp³-hybridized carbons (Fsp3) is 0.425. The second-order valence-corrected chi connectivity index (χ2v) is 19.2. The molecule has 3 atom stereocenters. The number of halogens is 7. The normalized spacial score (nSPS) is 20.5. The van der Waals surface area contributed by atoms with Gasteiger partial charge in [0.25, 0.3) is 5.92 Å². The Morgan fingerprint density at radius 3 is 2.41 bits per heavy atom. The van der Waals surface area contributed by atoms with Crippen LogP contribution in [0.4, 0.5) is 41.7 Å². The van der Waals surface area contributed by atoms with Crippen LogP contribution in [-0.2, 0) is 51.7 Å². The first-order valence-corrected chi connectivity index (χ1v) is 22.7. The van der Waals surface area contributed by atoms with E-state index in [0.29, 0.717) is 75.0 Å². The first-order chi connectivity index (χ1) is 29.8. The largest absolute Gasteiger partial charge is 0.435 e. The van der Waals surface area contributed by atoms with Crippen molar-refractivity contribution in [1.82, 2.24) is 39.7 Å². The van der Waals surface area contributed by atoms with E-state index >= 15 is 8.78 Å². The van der Waals surface area contributed by atoms with Crippen LogP contribution < -0.4 is 14.9 Å². The molecular weight excluding hydrogens is 882 g/mol. The van der Waals surface area contributed by atoms with Crippen LogP contribution in [0.25, 0.3) is 32.4 Å². The molecule has 1 saturated carbocycles. The molecule has 0 spiro atoms. The van der Waals surface area contributed by atoms with Gasteiger partial charge in [-0.3, -0.25) is 23.8 Å². The standard InChI is InChI=1S/C40H37F7N10O4S2/c1-54-33-23(4-3-5-24(33)36(52-54)53-63(2,59)60)25-15-29-37(50-38(62-29)56-8-6-55(7-9-56)22-17-61-18-22)49-32(25)28(12-19-10-20(41)13-21(42)11-19)48-30(58)16-57-35-31(34(51-57)40(45,46)47)26-14-27(26)39(35,43)44/h3-5,10-11,13,15,22,26-28H,6-9,12,14,16-18H2,1-2H3,(H,48,58)(H,52,53)/t26-,27?,28-/m0/s1. The minimum absolute atomic E-state index is 0.0274. The predicted octanol–water partition coefficient (Wildman–Crippen LogP) is 5.94. The van der Waals surface area contributed by atoms with E-state index in [9.17, 15) is 35.2 Å². The minimum atomic E-state index is -5.06. The third kappa shape index (κ3) is 7.54. The number of rotatable bonds is 11. The number of amides is 1. The summed E-state index contributed by atoms with van der Waals surface area (Å²) in [5, 5.41) is 11.7. The van der Waals surface area contributed by atoms with Crippen LogP contribution in [0.3, 0.4) is 0 Å². The Morgan fingerprint density at radius 1 is 1.02 bits per heavy atom. The van der Waals surface area contributed by atoms with Crippen LogP contribution >= 0.6 is 11.3 Å². The molecule has 6 heterocycles. The highest BCUT2D eigenvalue weighted by Gasteiger charge is 2.68. The minimum Gasteiger partial charge on any atom is -0.378 e. The molecule has 23 heteroatoms. The van der Waals surface area contributed by atoms with Gasteiger partial charge in [0.15, 0.2) is 22.3 Å². The summed E-state index contributed by atoms with van der Waals surface area (Å²) in [5.41, 5.74) is -1.39. The van der Waals surface area contributed by atoms with Crippen molar-refractivity contribution in [3.63, 3.8) is 0 Å². The van der Waals surface area contributed by atoms with E-state index in [1.165, 1.54) is 16.0 Å². The number of benzene rings is 2. The van der Waals surface area contributed by atoms with Crippen molar-refractivity contribution >= 4 is 59.5 Å². The number of nitrogens with zero attached hydrogens (tertiary/aromatic N) is 8. The highest BCUT2D eigenvalue weighted by atomic mass is 32.2. The number of ether oxygens (including phenoxy) is 1. The average Bonchev–Trinajstić information content (AvgIpc) is 3.44. The summed E-state index contributed by atoms with van der Waals surface area (Å²) in [5.74, 6) is -8.89. The summed E-state index contributed by atoms with van der Waals surface area (Å²) in [4.78, 5) is 28.5. The topological polar surface area (TPSA) is 152 Å². The van der Waals surface area contributed by atoms with Crippen molar-refractivity contribution in [3.05, 3.63) is 82.3 Å². The first kappa shape index (κ1) is 41.6. The maximum atomic E-state index is 15.5. The molecular formula is C40H37F7N10O4S2. The summed E-state index contributed by atoms with van der Waals surface area (Å²) in [6.07, 6.45) is -4.55. The molecule has 10 rings (SSSR count). The van der Waals surface area contributed by atoms with Gasteiger partial charge in [-0.05, 0) is 48.6 Å². The second kappa shape index (κ2) is 14.8. The van der Waals surface area contributed by atoms with Gasteiger partial charge in [-0.2, -0.15) is 37.1 Å². The monoisotopic (exact) mass is 918 g/mol. The Balaban J connectivity index is 1.09. The summed E-state index contributed by atoms with van der Waals surface area (Å²) in [6, 6.07) is 8.60. The van der Waals surface area contributed by atoms with E-state index in [0.717, 1.165) is 31.5 Å². The number of nitrogens with one attached hydrogen (secondary N) is 2. The Hall–Kier alpha value is -5.39. The molecule has 14 nitrogen and oxygen atoms in total. The molecule has 2 saturated heterocycles. The average molecular weight is 919 g/mol. The van der Waals surface area contributed by atoms with Gasteiger partial charge in [0, 0.05) is 67.3 Å². The number of hydrogen-bond donors (Lipinski definition) is 2. The number of anilines is 2. The first-order valence-electron chi connectivity index (χ1n) is 19.9. The summed E-state index contributed by atoms with van der Waals surface area (Å²) in [7, 11) is -2.19. The van der Waals surface area contributed by atoms with Crippen LogP contribution in [0.5, 0.6) is 0 Å². The number of fused-ring (bicyclic) bond motifs is 5. The number of hydrogen-bond acceptors (Lipinski definition) is 11. The summed E-state index contributed by atoms with van der Waals surface area (Å²) < 4.78 is 138. The van der Waals surface area contributed by atoms with Crippen molar-refractivity contribution in [1.29, 1.82) is 0 Å². The van der Waals surface area contributed by atoms with Gasteiger partial charge in [-0.15, -0.1) is 0 Å². The van der Waals surface area contributed by atoms with Crippen LogP contribution in [0, 0.1) is 17.6 Å². The second-order valence-electron chi connectivity index (χ2n) is 16.4. The number of piperazine rings is 1. The molecule has 1 amide bonds. The van der Waals surface area contributed by atoms with Crippen molar-refractivity contribution < 1.29 is 48.7 Å². The van der Waals surface area contributed by atoms with Crippen molar-refractivity contribution in [3.8, 4) is 11.1 Å². The van der Waals surface area contributed by atoms with Gasteiger partial charge < -0.3 is 15.0 Å². The van der Waals surface area contributed by atoms with Gasteiger partial charge in [0.2, 0.25) is 15.9 Å². The molecule has 6 aromatic rings. The fourth-order valence-electron chi connectivity index (χ4n) is 9.15. The predicted molar refractivity (Wildman–Crippen MR) is 217 cm³/mol. The number of sulfonamides is 1. The quantitative estimate of drug-likeness (QED) is 0.150. The van der Waals surface area contributed by atoms with E-state index in [2.05, 4.69) is 30.0 Å². The number of para-hydroxylation sites is 1. The highest BCUT2D eigenvalue weighted by molar-refractivity contribution is 7.92. The van der Waals surface area contributed by atoms with Crippen LogP contribution in [0.2, 0.25) is 0 Å². The Morgan fingerprint density at radius 2 is 1.75 bits per heavy atom. The zero-order valence-electron chi connectivity index (χ0n) is 33.4. The lowest BCUT2D eigenvalue weighted by atomic mass is 9.94. The Bertz CT molecular complexity index is 2920. The molecule has 63 heavy (non-hydrogen) atoms. The number of aromatic nitrogens is 6. The maximum absolute atomic E-state index is 15.5. The zero-order chi connectivity index (χ0) is 44.3. The summed E-state index contributed by atoms with van der Waals surface area (Å²) >= 11 is 1.36. The van der Waals surface area contributed by atoms with Crippen molar-refractivity contribution in [2.24, 2.45) is 13.0 Å². The third-order valence-electron chi connectivity index (χ3n) is 12.1. The molecule has 0 radical (unpaired) electrons. The number of alkyl halides is 5. The number of pyridine rings is 1. The van der Waals surface area contributed by atoms with Gasteiger partial charge in [0.1, 0.15) is 23.9 Å². The van der Waals surface area contributed by atoms with Gasteiger partial charge >= 0.3 is 6.18 Å². The number of thiazole rings is 1. The number of carbonyl (C=O) groups excluding carboxylic acids is 1. The lowest BCUT2D eigenvalue weighted by Gasteiger charge is -2.42. The van der Waals surface area contributed by atoms with Crippen LogP contribution in [0.15, 0.2) is 42.5 Å². The van der Waals surface area contributed by atoms with Crippen LogP contribution in [0.1, 0.15) is 46.6 Å². The lowest BCUT2D eigenvalue weighted by Crippen LogP contribution is -2.56. The van der Waals surface area contributed by atoms with Crippen LogP contribution in [-0.4, -0.2) is 100 Å². The Labute approximate surface area is 358 Å². The van der Waals surface area contributed by atoms with E-state index in [1.807, 2.05) is 0 Å². The highest BCUT2D eigenvalue weighted by Crippen LogP contribution is 2.68. The molecule has 3 fully saturated rings. The molecule has 332 valence electrons. The third-order valence-corrected chi connectivity index (χ3v) is 13.7. The molecule has 1 unspecified atom stereocenters. The number of carbonyl (C=O) groups is 1. The van der Waals surface area contributed by atoms with E-state index in [1.54, 1.807) is 31.3 Å². The molecule has 4 aromatic heterocycles. The maximum Gasteiger partial charge on any atom is 0.435 e. The summed E-state index contributed by atoms with van der Waals surface area (Å²) in [6.45, 7) is 3.19. The molecule has 2 aliphatic carbocycles. The SMILES string of the molecule is Cn1nc(NS(C)(=O)=O)c2cccc(-c3cc4sc(N5CCN(C6COC6)CC5)nc4nc3[C@H](Cc3cc(F)cc(F)c3)NC(=O)Cn3nc(C(F)(F)F)c4c3C(F)(F)C3C[C@H]43)c21. The molecule has 0 bridgehead atoms. The fourth-order valence-corrected chi connectivity index (χ4v) is 10.7. The molecule has 2 N–H and O–H groups in total. The zero-order valence-corrected chi connectivity index (χ0v) is 35.0. The Kier molecular flexibility index (Phi) is 9.80. The molecule has 4 aliphatic rings. The van der Waals surface area contributed by atoms with E-state index in [-0.39, 0.29) is 35.6 Å². The smallest absolute Gasteiger partial charge is 0.378 e. The van der Waals surface area contributed by atoms with Gasteiger partial charge in [-0.1, -0.05) is 23.5 Å². The molecule has 2 aromatic carbocycles. The van der Waals surface area contributed by atoms with Crippen molar-refractivity contribution in [2.45, 2.75) is 49.5 Å². The lowest BCUT2D eigenvalue weighted by molar-refractivity contribution is -0.142.